The Morgan fingerprint density at radius 1 is 1.20 bits per heavy atom. The Morgan fingerprint density at radius 2 is 1.75 bits per heavy atom. The Bertz CT molecular complexity index is 720. The van der Waals surface area contributed by atoms with Crippen molar-refractivity contribution in [3.63, 3.8) is 0 Å². The van der Waals surface area contributed by atoms with Gasteiger partial charge in [-0.15, -0.1) is 0 Å². The van der Waals surface area contributed by atoms with Gasteiger partial charge in [-0.05, 0) is 31.9 Å². The lowest BCUT2D eigenvalue weighted by Gasteiger charge is -2.14. The molecule has 1 heterocycles. The molecule has 0 bridgehead atoms. The molecule has 2 rings (SSSR count). The van der Waals surface area contributed by atoms with E-state index in [1.54, 1.807) is 7.05 Å². The Kier molecular flexibility index (Phi) is 3.47. The first kappa shape index (κ1) is 14.4. The van der Waals surface area contributed by atoms with Crippen LogP contribution in [0.25, 0.3) is 0 Å². The number of imidazole rings is 1. The molecule has 0 aliphatic rings. The summed E-state index contributed by atoms with van der Waals surface area (Å²) in [6.45, 7) is 5.70. The minimum atomic E-state index is -3.76. The molecule has 108 valence electrons. The van der Waals surface area contributed by atoms with Crippen molar-refractivity contribution in [3.8, 4) is 0 Å². The molecule has 0 saturated heterocycles. The number of hydrogen-bond donors (Lipinski definition) is 2. The number of nitrogens with one attached hydrogen (secondary N) is 1. The van der Waals surface area contributed by atoms with E-state index >= 15 is 0 Å². The van der Waals surface area contributed by atoms with Gasteiger partial charge in [-0.25, -0.2) is 4.98 Å². The van der Waals surface area contributed by atoms with Crippen molar-refractivity contribution in [3.05, 3.63) is 35.2 Å². The van der Waals surface area contributed by atoms with Crippen molar-refractivity contribution in [2.75, 3.05) is 10.5 Å². The number of anilines is 2. The van der Waals surface area contributed by atoms with Crippen molar-refractivity contribution in [1.29, 1.82) is 0 Å². The molecule has 0 radical (unpaired) electrons. The van der Waals surface area contributed by atoms with Crippen LogP contribution in [0.1, 0.15) is 16.7 Å². The van der Waals surface area contributed by atoms with Gasteiger partial charge in [-0.2, -0.15) is 8.42 Å². The van der Waals surface area contributed by atoms with E-state index in [2.05, 4.69) is 9.71 Å². The van der Waals surface area contributed by atoms with Crippen LogP contribution in [0.3, 0.4) is 0 Å². The summed E-state index contributed by atoms with van der Waals surface area (Å²) >= 11 is 0. The van der Waals surface area contributed by atoms with E-state index in [-0.39, 0.29) is 10.8 Å². The van der Waals surface area contributed by atoms with E-state index in [1.165, 1.54) is 10.9 Å². The SMILES string of the molecule is Cc1cc(C)c(NS(=O)(=O)c2c(N)ncn2C)c(C)c1. The van der Waals surface area contributed by atoms with Crippen LogP contribution in [0, 0.1) is 20.8 Å². The van der Waals surface area contributed by atoms with Gasteiger partial charge in [0.15, 0.2) is 10.8 Å². The van der Waals surface area contributed by atoms with E-state index in [4.69, 9.17) is 5.73 Å². The summed E-state index contributed by atoms with van der Waals surface area (Å²) in [5, 5.41) is -0.0307. The number of nitrogen functional groups attached to an aromatic ring is 1. The number of nitrogens with two attached hydrogens (primary N) is 1. The van der Waals surface area contributed by atoms with Crippen LogP contribution in [-0.4, -0.2) is 18.0 Å². The van der Waals surface area contributed by atoms with Gasteiger partial charge in [0.05, 0.1) is 12.0 Å². The van der Waals surface area contributed by atoms with Crippen LogP contribution < -0.4 is 10.5 Å². The highest BCUT2D eigenvalue weighted by Crippen LogP contribution is 2.26. The molecule has 2 aromatic rings. The Balaban J connectivity index is 2.50. The van der Waals surface area contributed by atoms with Gasteiger partial charge in [0.1, 0.15) is 0 Å². The number of benzene rings is 1. The highest BCUT2D eigenvalue weighted by molar-refractivity contribution is 7.92. The molecule has 1 aromatic carbocycles. The number of rotatable bonds is 3. The minimum absolute atomic E-state index is 0.0117. The lowest BCUT2D eigenvalue weighted by atomic mass is 10.1. The van der Waals surface area contributed by atoms with Crippen molar-refractivity contribution >= 4 is 21.5 Å². The van der Waals surface area contributed by atoms with Crippen molar-refractivity contribution in [2.24, 2.45) is 7.05 Å². The average molecular weight is 294 g/mol. The van der Waals surface area contributed by atoms with Crippen molar-refractivity contribution in [2.45, 2.75) is 25.8 Å². The van der Waals surface area contributed by atoms with Crippen molar-refractivity contribution < 1.29 is 8.42 Å². The molecule has 0 saturated carbocycles. The molecule has 1 aromatic heterocycles. The summed E-state index contributed by atoms with van der Waals surface area (Å²) < 4.78 is 28.9. The van der Waals surface area contributed by atoms with E-state index in [0.717, 1.165) is 16.7 Å². The normalized spacial score (nSPS) is 11.6. The molecule has 0 aliphatic carbocycles. The second-order valence-electron chi connectivity index (χ2n) is 4.93. The topological polar surface area (TPSA) is 90.0 Å². The zero-order valence-electron chi connectivity index (χ0n) is 11.9. The Labute approximate surface area is 118 Å². The summed E-state index contributed by atoms with van der Waals surface area (Å²) in [4.78, 5) is 3.80. The van der Waals surface area contributed by atoms with Gasteiger partial charge in [0.2, 0.25) is 0 Å². The highest BCUT2D eigenvalue weighted by Gasteiger charge is 2.23. The molecule has 7 heteroatoms. The number of nitrogens with zero attached hydrogens (tertiary/aromatic N) is 2. The van der Waals surface area contributed by atoms with E-state index in [0.29, 0.717) is 5.69 Å². The van der Waals surface area contributed by atoms with Crippen LogP contribution in [0.15, 0.2) is 23.5 Å². The highest BCUT2D eigenvalue weighted by atomic mass is 32.2. The molecule has 0 unspecified atom stereocenters. The number of sulfonamides is 1. The minimum Gasteiger partial charge on any atom is -0.381 e. The molecule has 0 atom stereocenters. The summed E-state index contributed by atoms with van der Waals surface area (Å²) in [6.07, 6.45) is 1.37. The molecule has 0 fully saturated rings. The summed E-state index contributed by atoms with van der Waals surface area (Å²) in [5.74, 6) is -0.0117. The molecular weight excluding hydrogens is 276 g/mol. The first-order valence-electron chi connectivity index (χ1n) is 6.10. The van der Waals surface area contributed by atoms with Gasteiger partial charge >= 0.3 is 0 Å². The predicted octanol–water partition coefficient (Wildman–Crippen LogP) is 1.73. The second kappa shape index (κ2) is 4.82. The van der Waals surface area contributed by atoms with Gasteiger partial charge in [0, 0.05) is 7.05 Å². The standard InChI is InChI=1S/C13H18N4O2S/c1-8-5-9(2)11(10(3)6-8)16-20(18,19)13-12(14)15-7-17(13)4/h5-7,16H,14H2,1-4H3. The van der Waals surface area contributed by atoms with E-state index in [9.17, 15) is 8.42 Å². The second-order valence-corrected chi connectivity index (χ2v) is 6.52. The third-order valence-corrected chi connectivity index (χ3v) is 4.56. The predicted molar refractivity (Wildman–Crippen MR) is 79.1 cm³/mol. The fraction of sp³-hybridized carbons (Fsp3) is 0.308. The van der Waals surface area contributed by atoms with E-state index < -0.39 is 10.0 Å². The Hall–Kier alpha value is -2.02. The van der Waals surface area contributed by atoms with Crippen LogP contribution in [-0.2, 0) is 17.1 Å². The monoisotopic (exact) mass is 294 g/mol. The maximum absolute atomic E-state index is 12.4. The fourth-order valence-corrected chi connectivity index (χ4v) is 3.73. The van der Waals surface area contributed by atoms with Crippen LogP contribution in [0.5, 0.6) is 0 Å². The first-order valence-corrected chi connectivity index (χ1v) is 7.58. The maximum atomic E-state index is 12.4. The first-order chi connectivity index (χ1) is 9.22. The van der Waals surface area contributed by atoms with Gasteiger partial charge in [0.25, 0.3) is 10.0 Å². The summed E-state index contributed by atoms with van der Waals surface area (Å²) in [6, 6.07) is 3.86. The van der Waals surface area contributed by atoms with Gasteiger partial charge < -0.3 is 10.3 Å². The number of hydrogen-bond acceptors (Lipinski definition) is 4. The molecule has 0 aliphatic heterocycles. The van der Waals surface area contributed by atoms with Crippen LogP contribution >= 0.6 is 0 Å². The average Bonchev–Trinajstić information content (AvgIpc) is 2.64. The lowest BCUT2D eigenvalue weighted by molar-refractivity contribution is 0.592. The quantitative estimate of drug-likeness (QED) is 0.902. The smallest absolute Gasteiger partial charge is 0.281 e. The zero-order valence-corrected chi connectivity index (χ0v) is 12.7. The zero-order chi connectivity index (χ0) is 15.1. The van der Waals surface area contributed by atoms with E-state index in [1.807, 2.05) is 32.9 Å². The number of aromatic nitrogens is 2. The summed E-state index contributed by atoms with van der Waals surface area (Å²) in [5.41, 5.74) is 9.03. The van der Waals surface area contributed by atoms with Crippen LogP contribution in [0.4, 0.5) is 11.5 Å². The van der Waals surface area contributed by atoms with Crippen molar-refractivity contribution in [1.82, 2.24) is 9.55 Å². The summed E-state index contributed by atoms with van der Waals surface area (Å²) in [7, 11) is -2.17. The van der Waals surface area contributed by atoms with Gasteiger partial charge in [-0.1, -0.05) is 17.7 Å². The molecule has 6 nitrogen and oxygen atoms in total. The molecule has 3 N–H and O–H groups in total. The van der Waals surface area contributed by atoms with Crippen LogP contribution in [0.2, 0.25) is 0 Å². The third-order valence-electron chi connectivity index (χ3n) is 3.08. The molecular formula is C13H18N4O2S. The molecule has 0 spiro atoms. The Morgan fingerprint density at radius 3 is 2.20 bits per heavy atom. The number of aryl methyl sites for hydroxylation is 4. The largest absolute Gasteiger partial charge is 0.381 e. The molecule has 0 amide bonds. The molecule has 20 heavy (non-hydrogen) atoms. The van der Waals surface area contributed by atoms with Gasteiger partial charge in [-0.3, -0.25) is 4.72 Å². The fourth-order valence-electron chi connectivity index (χ4n) is 2.29. The lowest BCUT2D eigenvalue weighted by Crippen LogP contribution is -2.19. The maximum Gasteiger partial charge on any atom is 0.281 e. The third kappa shape index (κ3) is 2.49.